The molecule has 1 aliphatic heterocycles. The fourth-order valence-electron chi connectivity index (χ4n) is 3.13. The second-order valence-electron chi connectivity index (χ2n) is 6.48. The largest absolute Gasteiger partial charge is 0.438 e. The molecule has 1 amide bonds. The maximum Gasteiger partial charge on any atom is 0.237 e. The second kappa shape index (κ2) is 8.43. The van der Waals surface area contributed by atoms with Crippen LogP contribution < -0.4 is 15.0 Å². The number of ether oxygens (including phenoxy) is 1. The number of aromatic nitrogens is 4. The van der Waals surface area contributed by atoms with E-state index in [1.54, 1.807) is 49.3 Å². The monoisotopic (exact) mass is 376 g/mol. The fourth-order valence-corrected chi connectivity index (χ4v) is 3.13. The van der Waals surface area contributed by atoms with Crippen LogP contribution in [-0.2, 0) is 4.79 Å². The van der Waals surface area contributed by atoms with Gasteiger partial charge in [0.25, 0.3) is 0 Å². The van der Waals surface area contributed by atoms with Gasteiger partial charge in [-0.2, -0.15) is 0 Å². The molecule has 0 atom stereocenters. The average molecular weight is 376 g/mol. The molecule has 1 saturated heterocycles. The first-order valence-corrected chi connectivity index (χ1v) is 9.14. The van der Waals surface area contributed by atoms with Crippen LogP contribution in [0.3, 0.4) is 0 Å². The second-order valence-corrected chi connectivity index (χ2v) is 6.48. The quantitative estimate of drug-likeness (QED) is 0.732. The minimum Gasteiger partial charge on any atom is -0.438 e. The van der Waals surface area contributed by atoms with Crippen LogP contribution in [0.25, 0.3) is 0 Å². The van der Waals surface area contributed by atoms with Crippen molar-refractivity contribution in [2.75, 3.05) is 23.3 Å². The molecular formula is C20H20N6O2. The highest BCUT2D eigenvalue weighted by atomic mass is 16.5. The topological polar surface area (TPSA) is 93.1 Å². The summed E-state index contributed by atoms with van der Waals surface area (Å²) in [4.78, 5) is 31.2. The standard InChI is InChI=1S/C20H20N6O2/c27-20(15-5-11-26(12-6-15)18-13-21-7-9-23-18)25-16-1-3-17(4-2-16)28-19-14-22-8-10-24-19/h1-4,7-10,13-15H,5-6,11-12H2,(H,25,27). The van der Waals surface area contributed by atoms with E-state index in [1.165, 1.54) is 0 Å². The van der Waals surface area contributed by atoms with Gasteiger partial charge in [-0.15, -0.1) is 0 Å². The molecule has 8 heteroatoms. The van der Waals surface area contributed by atoms with E-state index in [9.17, 15) is 4.79 Å². The van der Waals surface area contributed by atoms with Crippen LogP contribution in [0.5, 0.6) is 11.6 Å². The van der Waals surface area contributed by atoms with E-state index in [0.29, 0.717) is 11.6 Å². The minimum absolute atomic E-state index is 0.0107. The lowest BCUT2D eigenvalue weighted by molar-refractivity contribution is -0.120. The van der Waals surface area contributed by atoms with Crippen molar-refractivity contribution in [2.24, 2.45) is 5.92 Å². The summed E-state index contributed by atoms with van der Waals surface area (Å²) in [6.45, 7) is 1.59. The fraction of sp³-hybridized carbons (Fsp3) is 0.250. The van der Waals surface area contributed by atoms with Gasteiger partial charge in [0.15, 0.2) is 0 Å². The number of nitrogens with one attached hydrogen (secondary N) is 1. The highest BCUT2D eigenvalue weighted by Gasteiger charge is 2.25. The molecule has 0 spiro atoms. The number of rotatable bonds is 5. The van der Waals surface area contributed by atoms with Gasteiger partial charge in [-0.3, -0.25) is 14.8 Å². The average Bonchev–Trinajstić information content (AvgIpc) is 2.76. The first-order chi connectivity index (χ1) is 13.8. The number of piperidine rings is 1. The Labute approximate surface area is 162 Å². The molecule has 8 nitrogen and oxygen atoms in total. The Kier molecular flexibility index (Phi) is 5.37. The Balaban J connectivity index is 1.29. The summed E-state index contributed by atoms with van der Waals surface area (Å²) in [6.07, 6.45) is 11.4. The third-order valence-corrected chi connectivity index (χ3v) is 4.62. The van der Waals surface area contributed by atoms with Crippen LogP contribution in [-0.4, -0.2) is 38.9 Å². The maximum absolute atomic E-state index is 12.6. The SMILES string of the molecule is O=C(Nc1ccc(Oc2cnccn2)cc1)C1CCN(c2cnccn2)CC1. The summed E-state index contributed by atoms with van der Waals surface area (Å²) < 4.78 is 5.61. The van der Waals surface area contributed by atoms with Gasteiger partial charge in [-0.1, -0.05) is 0 Å². The van der Waals surface area contributed by atoms with Crippen molar-refractivity contribution in [2.45, 2.75) is 12.8 Å². The number of nitrogens with zero attached hydrogens (tertiary/aromatic N) is 5. The zero-order chi connectivity index (χ0) is 19.2. The van der Waals surface area contributed by atoms with E-state index < -0.39 is 0 Å². The molecule has 3 heterocycles. The van der Waals surface area contributed by atoms with E-state index in [1.807, 2.05) is 12.1 Å². The predicted octanol–water partition coefficient (Wildman–Crippen LogP) is 2.91. The number of carbonyl (C=O) groups is 1. The van der Waals surface area contributed by atoms with Crippen molar-refractivity contribution in [3.8, 4) is 11.6 Å². The van der Waals surface area contributed by atoms with Crippen LogP contribution in [0.15, 0.2) is 61.4 Å². The Morgan fingerprint density at radius 3 is 2.32 bits per heavy atom. The normalized spacial score (nSPS) is 14.5. The summed E-state index contributed by atoms with van der Waals surface area (Å²) in [6, 6.07) is 7.22. The highest BCUT2D eigenvalue weighted by molar-refractivity contribution is 5.92. The zero-order valence-electron chi connectivity index (χ0n) is 15.2. The van der Waals surface area contributed by atoms with Crippen molar-refractivity contribution >= 4 is 17.4 Å². The Morgan fingerprint density at radius 1 is 0.964 bits per heavy atom. The molecule has 3 aromatic rings. The van der Waals surface area contributed by atoms with Gasteiger partial charge >= 0.3 is 0 Å². The van der Waals surface area contributed by atoms with Gasteiger partial charge in [0.05, 0.1) is 12.4 Å². The molecule has 2 aromatic heterocycles. The number of carbonyl (C=O) groups excluding carboxylic acids is 1. The van der Waals surface area contributed by atoms with Crippen LogP contribution >= 0.6 is 0 Å². The Bertz CT molecular complexity index is 897. The van der Waals surface area contributed by atoms with Crippen LogP contribution in [0, 0.1) is 5.92 Å². The summed E-state index contributed by atoms with van der Waals surface area (Å²) in [5.74, 6) is 1.95. The molecule has 1 aliphatic rings. The lowest BCUT2D eigenvalue weighted by atomic mass is 9.96. The van der Waals surface area contributed by atoms with E-state index in [-0.39, 0.29) is 11.8 Å². The maximum atomic E-state index is 12.6. The van der Waals surface area contributed by atoms with E-state index >= 15 is 0 Å². The molecule has 4 rings (SSSR count). The van der Waals surface area contributed by atoms with E-state index in [4.69, 9.17) is 4.74 Å². The number of anilines is 2. The van der Waals surface area contributed by atoms with E-state index in [0.717, 1.165) is 37.4 Å². The Hall–Kier alpha value is -3.55. The van der Waals surface area contributed by atoms with Crippen molar-refractivity contribution in [3.05, 3.63) is 61.4 Å². The molecule has 28 heavy (non-hydrogen) atoms. The zero-order valence-corrected chi connectivity index (χ0v) is 15.2. The van der Waals surface area contributed by atoms with Crippen LogP contribution in [0.1, 0.15) is 12.8 Å². The molecule has 0 unspecified atom stereocenters. The van der Waals surface area contributed by atoms with Gasteiger partial charge in [0.2, 0.25) is 11.8 Å². The molecular weight excluding hydrogens is 356 g/mol. The lowest BCUT2D eigenvalue weighted by Crippen LogP contribution is -2.38. The smallest absolute Gasteiger partial charge is 0.237 e. The van der Waals surface area contributed by atoms with Crippen LogP contribution in [0.4, 0.5) is 11.5 Å². The van der Waals surface area contributed by atoms with Crippen molar-refractivity contribution in [1.29, 1.82) is 0 Å². The summed E-state index contributed by atoms with van der Waals surface area (Å²) in [5, 5.41) is 2.99. The first kappa shape index (κ1) is 17.8. The number of benzene rings is 1. The third-order valence-electron chi connectivity index (χ3n) is 4.62. The van der Waals surface area contributed by atoms with Crippen molar-refractivity contribution < 1.29 is 9.53 Å². The molecule has 0 aliphatic carbocycles. The highest BCUT2D eigenvalue weighted by Crippen LogP contribution is 2.24. The predicted molar refractivity (Wildman–Crippen MR) is 104 cm³/mol. The summed E-state index contributed by atoms with van der Waals surface area (Å²) in [5.41, 5.74) is 0.743. The molecule has 0 saturated carbocycles. The molecule has 0 radical (unpaired) electrons. The number of hydrogen-bond acceptors (Lipinski definition) is 7. The van der Waals surface area contributed by atoms with Crippen molar-refractivity contribution in [3.63, 3.8) is 0 Å². The minimum atomic E-state index is -0.0107. The molecule has 1 aromatic carbocycles. The number of hydrogen-bond donors (Lipinski definition) is 1. The van der Waals surface area contributed by atoms with Gasteiger partial charge in [-0.25, -0.2) is 9.97 Å². The van der Waals surface area contributed by atoms with Gasteiger partial charge < -0.3 is 15.0 Å². The lowest BCUT2D eigenvalue weighted by Gasteiger charge is -2.31. The first-order valence-electron chi connectivity index (χ1n) is 9.14. The molecule has 0 bridgehead atoms. The van der Waals surface area contributed by atoms with Gasteiger partial charge in [-0.05, 0) is 37.1 Å². The van der Waals surface area contributed by atoms with Crippen LogP contribution in [0.2, 0.25) is 0 Å². The van der Waals surface area contributed by atoms with E-state index in [2.05, 4.69) is 30.2 Å². The third kappa shape index (κ3) is 4.40. The van der Waals surface area contributed by atoms with Gasteiger partial charge in [0, 0.05) is 49.5 Å². The van der Waals surface area contributed by atoms with Gasteiger partial charge in [0.1, 0.15) is 11.6 Å². The molecule has 1 N–H and O–H groups in total. The van der Waals surface area contributed by atoms with Crippen molar-refractivity contribution in [1.82, 2.24) is 19.9 Å². The molecule has 1 fully saturated rings. The Morgan fingerprint density at radius 2 is 1.68 bits per heavy atom. The summed E-state index contributed by atoms with van der Waals surface area (Å²) >= 11 is 0. The summed E-state index contributed by atoms with van der Waals surface area (Å²) in [7, 11) is 0. The number of amides is 1. The molecule has 142 valence electrons.